The van der Waals surface area contributed by atoms with E-state index in [0.717, 1.165) is 41.3 Å². The molecule has 25 heavy (non-hydrogen) atoms. The number of hydrogen-bond acceptors (Lipinski definition) is 5. The van der Waals surface area contributed by atoms with Gasteiger partial charge in [-0.3, -0.25) is 4.79 Å². The molecule has 1 aliphatic heterocycles. The Kier molecular flexibility index (Phi) is 4.29. The van der Waals surface area contributed by atoms with Gasteiger partial charge >= 0.3 is 0 Å². The van der Waals surface area contributed by atoms with E-state index in [4.69, 9.17) is 0 Å². The highest BCUT2D eigenvalue weighted by Crippen LogP contribution is 2.26. The van der Waals surface area contributed by atoms with Crippen molar-refractivity contribution in [3.8, 4) is 11.3 Å². The third kappa shape index (κ3) is 3.18. The van der Waals surface area contributed by atoms with Crippen LogP contribution in [0.4, 0.5) is 0 Å². The highest BCUT2D eigenvalue weighted by Gasteiger charge is 2.19. The Hall–Kier alpha value is -2.57. The largest absolute Gasteiger partial charge is 0.347 e. The van der Waals surface area contributed by atoms with Crippen molar-refractivity contribution >= 4 is 17.4 Å². The number of hydrogen-bond donors (Lipinski definition) is 2. The second kappa shape index (κ2) is 6.74. The number of aryl methyl sites for hydroxylation is 1. The van der Waals surface area contributed by atoms with E-state index in [1.54, 1.807) is 0 Å². The molecule has 0 saturated heterocycles. The summed E-state index contributed by atoms with van der Waals surface area (Å²) in [5.41, 5.74) is 6.43. The van der Waals surface area contributed by atoms with Crippen LogP contribution in [0, 0.1) is 6.92 Å². The molecule has 0 saturated carbocycles. The van der Waals surface area contributed by atoms with E-state index >= 15 is 0 Å². The lowest BCUT2D eigenvalue weighted by Gasteiger charge is -2.08. The zero-order valence-corrected chi connectivity index (χ0v) is 14.7. The second-order valence-corrected chi connectivity index (χ2v) is 6.91. The van der Waals surface area contributed by atoms with Crippen molar-refractivity contribution in [1.82, 2.24) is 20.2 Å². The molecule has 0 spiro atoms. The first kappa shape index (κ1) is 15.9. The van der Waals surface area contributed by atoms with Gasteiger partial charge in [-0.15, -0.1) is 5.10 Å². The van der Waals surface area contributed by atoms with Crippen LogP contribution in [0.2, 0.25) is 0 Å². The van der Waals surface area contributed by atoms with E-state index in [1.165, 1.54) is 11.1 Å². The molecule has 0 atom stereocenters. The summed E-state index contributed by atoms with van der Waals surface area (Å²) in [6, 6.07) is 14.3. The van der Waals surface area contributed by atoms with E-state index in [-0.39, 0.29) is 5.91 Å². The van der Waals surface area contributed by atoms with Crippen LogP contribution in [0.5, 0.6) is 0 Å². The smallest absolute Gasteiger partial charge is 0.265 e. The van der Waals surface area contributed by atoms with E-state index in [9.17, 15) is 4.79 Å². The third-order valence-electron chi connectivity index (χ3n) is 4.45. The fraction of sp³-hybridized carbons (Fsp3) is 0.211. The standard InChI is InChI=1S/C19H18N4OS/c1-12-4-2-3-5-16(12)17-18(25-23-22-17)19(24)21-9-13-6-7-14-10-20-11-15(14)8-13/h2-8,20H,9-11H2,1H3,(H,21,24). The van der Waals surface area contributed by atoms with Crippen molar-refractivity contribution in [2.75, 3.05) is 0 Å². The Labute approximate surface area is 150 Å². The van der Waals surface area contributed by atoms with Crippen molar-refractivity contribution in [2.24, 2.45) is 0 Å². The maximum absolute atomic E-state index is 12.6. The first-order chi connectivity index (χ1) is 12.2. The van der Waals surface area contributed by atoms with E-state index < -0.39 is 0 Å². The Morgan fingerprint density at radius 3 is 2.92 bits per heavy atom. The lowest BCUT2D eigenvalue weighted by atomic mass is 10.0. The van der Waals surface area contributed by atoms with Crippen LogP contribution in [-0.2, 0) is 19.6 Å². The molecule has 4 rings (SSSR count). The first-order valence-corrected chi connectivity index (χ1v) is 8.97. The number of carbonyl (C=O) groups is 1. The maximum atomic E-state index is 12.6. The molecule has 1 aliphatic rings. The van der Waals surface area contributed by atoms with Crippen LogP contribution in [0.25, 0.3) is 11.3 Å². The monoisotopic (exact) mass is 350 g/mol. The predicted octanol–water partition coefficient (Wildman–Crippen LogP) is 3.05. The molecule has 1 aromatic heterocycles. The summed E-state index contributed by atoms with van der Waals surface area (Å²) in [5, 5.41) is 10.5. The summed E-state index contributed by atoms with van der Waals surface area (Å²) in [6.45, 7) is 4.33. The number of rotatable bonds is 4. The van der Waals surface area contributed by atoms with Crippen molar-refractivity contribution in [3.05, 3.63) is 69.6 Å². The average Bonchev–Trinajstić information content (AvgIpc) is 3.28. The van der Waals surface area contributed by atoms with Gasteiger partial charge in [0.05, 0.1) is 0 Å². The molecule has 2 aromatic carbocycles. The molecule has 2 N–H and O–H groups in total. The normalized spacial score (nSPS) is 12.8. The predicted molar refractivity (Wildman–Crippen MR) is 98.2 cm³/mol. The van der Waals surface area contributed by atoms with Crippen LogP contribution in [0.15, 0.2) is 42.5 Å². The van der Waals surface area contributed by atoms with Gasteiger partial charge in [0.25, 0.3) is 5.91 Å². The Balaban J connectivity index is 1.51. The van der Waals surface area contributed by atoms with Crippen molar-refractivity contribution < 1.29 is 4.79 Å². The van der Waals surface area contributed by atoms with Crippen LogP contribution < -0.4 is 10.6 Å². The number of aromatic nitrogens is 2. The summed E-state index contributed by atoms with van der Waals surface area (Å²) in [7, 11) is 0. The van der Waals surface area contributed by atoms with Crippen LogP contribution in [0.3, 0.4) is 0 Å². The highest BCUT2D eigenvalue weighted by atomic mass is 32.1. The topological polar surface area (TPSA) is 66.9 Å². The van der Waals surface area contributed by atoms with Crippen LogP contribution in [0.1, 0.15) is 31.9 Å². The van der Waals surface area contributed by atoms with E-state index in [1.807, 2.05) is 31.2 Å². The summed E-state index contributed by atoms with van der Waals surface area (Å²) in [5.74, 6) is -0.133. The Morgan fingerprint density at radius 2 is 2.04 bits per heavy atom. The lowest BCUT2D eigenvalue weighted by molar-refractivity contribution is 0.0955. The summed E-state index contributed by atoms with van der Waals surface area (Å²) < 4.78 is 3.99. The number of fused-ring (bicyclic) bond motifs is 1. The highest BCUT2D eigenvalue weighted by molar-refractivity contribution is 7.08. The summed E-state index contributed by atoms with van der Waals surface area (Å²) in [4.78, 5) is 13.2. The summed E-state index contributed by atoms with van der Waals surface area (Å²) in [6.07, 6.45) is 0. The van der Waals surface area contributed by atoms with Gasteiger partial charge in [-0.2, -0.15) is 0 Å². The van der Waals surface area contributed by atoms with Gasteiger partial charge in [0.15, 0.2) is 0 Å². The fourth-order valence-electron chi connectivity index (χ4n) is 3.08. The third-order valence-corrected chi connectivity index (χ3v) is 5.17. The number of nitrogens with one attached hydrogen (secondary N) is 2. The van der Waals surface area contributed by atoms with Crippen molar-refractivity contribution in [2.45, 2.75) is 26.6 Å². The first-order valence-electron chi connectivity index (χ1n) is 8.20. The molecule has 0 bridgehead atoms. The van der Waals surface area contributed by atoms with Gasteiger partial charge in [-0.1, -0.05) is 47.0 Å². The number of nitrogens with zero attached hydrogens (tertiary/aromatic N) is 2. The Bertz CT molecular complexity index is 935. The molecule has 2 heterocycles. The fourth-order valence-corrected chi connectivity index (χ4v) is 3.67. The number of amides is 1. The summed E-state index contributed by atoms with van der Waals surface area (Å²) >= 11 is 1.13. The zero-order valence-electron chi connectivity index (χ0n) is 13.9. The minimum absolute atomic E-state index is 0.133. The van der Waals surface area contributed by atoms with Gasteiger partial charge < -0.3 is 10.6 Å². The Morgan fingerprint density at radius 1 is 1.20 bits per heavy atom. The van der Waals surface area contributed by atoms with Gasteiger partial charge in [0.2, 0.25) is 0 Å². The molecular weight excluding hydrogens is 332 g/mol. The quantitative estimate of drug-likeness (QED) is 0.759. The van der Waals surface area contributed by atoms with E-state index in [2.05, 4.69) is 38.4 Å². The van der Waals surface area contributed by atoms with Gasteiger partial charge in [0.1, 0.15) is 10.6 Å². The van der Waals surface area contributed by atoms with Gasteiger partial charge in [0, 0.05) is 25.2 Å². The minimum atomic E-state index is -0.133. The molecule has 6 heteroatoms. The van der Waals surface area contributed by atoms with Crippen molar-refractivity contribution in [1.29, 1.82) is 0 Å². The zero-order chi connectivity index (χ0) is 17.2. The molecule has 5 nitrogen and oxygen atoms in total. The molecule has 1 amide bonds. The van der Waals surface area contributed by atoms with E-state index in [0.29, 0.717) is 17.1 Å². The number of carbonyl (C=O) groups excluding carboxylic acids is 1. The second-order valence-electron chi connectivity index (χ2n) is 6.15. The SMILES string of the molecule is Cc1ccccc1-c1nnsc1C(=O)NCc1ccc2c(c1)CNC2. The number of benzene rings is 2. The molecule has 3 aromatic rings. The van der Waals surface area contributed by atoms with Crippen LogP contribution >= 0.6 is 11.5 Å². The molecule has 0 unspecified atom stereocenters. The molecule has 0 aliphatic carbocycles. The maximum Gasteiger partial charge on any atom is 0.265 e. The van der Waals surface area contributed by atoms with Gasteiger partial charge in [-0.25, -0.2) is 0 Å². The molecule has 126 valence electrons. The minimum Gasteiger partial charge on any atom is -0.347 e. The molecule has 0 fully saturated rings. The van der Waals surface area contributed by atoms with Crippen LogP contribution in [-0.4, -0.2) is 15.5 Å². The van der Waals surface area contributed by atoms with Crippen molar-refractivity contribution in [3.63, 3.8) is 0 Å². The lowest BCUT2D eigenvalue weighted by Crippen LogP contribution is -2.22. The van der Waals surface area contributed by atoms with Gasteiger partial charge in [-0.05, 0) is 40.7 Å². The molecular formula is C19H18N4OS. The average molecular weight is 350 g/mol. The molecule has 0 radical (unpaired) electrons.